The quantitative estimate of drug-likeness (QED) is 0.794. The van der Waals surface area contributed by atoms with Gasteiger partial charge in [0.15, 0.2) is 0 Å². The smallest absolute Gasteiger partial charge is 0.251 e. The lowest BCUT2D eigenvalue weighted by atomic mass is 10.1. The van der Waals surface area contributed by atoms with Crippen molar-refractivity contribution in [2.45, 2.75) is 13.0 Å². The molecule has 1 amide bonds. The first-order chi connectivity index (χ1) is 9.08. The van der Waals surface area contributed by atoms with E-state index in [0.717, 1.165) is 6.07 Å². The van der Waals surface area contributed by atoms with Crippen molar-refractivity contribution in [2.75, 3.05) is 20.3 Å². The number of benzene rings is 1. The largest absolute Gasteiger partial charge is 0.383 e. The molecule has 19 heavy (non-hydrogen) atoms. The fraction of sp³-hybridized carbons (Fsp3) is 0.357. The Labute approximate surface area is 112 Å². The van der Waals surface area contributed by atoms with Gasteiger partial charge in [-0.05, 0) is 25.1 Å². The molecule has 1 aromatic rings. The van der Waals surface area contributed by atoms with E-state index < -0.39 is 5.82 Å². The van der Waals surface area contributed by atoms with E-state index >= 15 is 0 Å². The lowest BCUT2D eigenvalue weighted by molar-refractivity contribution is 0.0905. The summed E-state index contributed by atoms with van der Waals surface area (Å²) in [6, 6.07) is 4.01. The summed E-state index contributed by atoms with van der Waals surface area (Å²) in [6.07, 6.45) is 0. The third-order valence-corrected chi connectivity index (χ3v) is 2.35. The predicted octanol–water partition coefficient (Wildman–Crippen LogP) is 0.901. The number of carbonyl (C=O) groups is 1. The minimum absolute atomic E-state index is 0.141. The van der Waals surface area contributed by atoms with Crippen molar-refractivity contribution < 1.29 is 13.9 Å². The van der Waals surface area contributed by atoms with E-state index in [9.17, 15) is 9.18 Å². The second kappa shape index (κ2) is 7.52. The minimum atomic E-state index is -0.534. The van der Waals surface area contributed by atoms with E-state index in [-0.39, 0.29) is 29.6 Å². The molecule has 5 heteroatoms. The van der Waals surface area contributed by atoms with E-state index in [1.165, 1.54) is 12.1 Å². The average Bonchev–Trinajstić information content (AvgIpc) is 2.37. The highest BCUT2D eigenvalue weighted by atomic mass is 19.1. The fourth-order valence-corrected chi connectivity index (χ4v) is 1.50. The Hall–Kier alpha value is -1.90. The van der Waals surface area contributed by atoms with Gasteiger partial charge in [0.2, 0.25) is 0 Å². The number of rotatable bonds is 4. The third kappa shape index (κ3) is 4.70. The molecule has 1 rings (SSSR count). The monoisotopic (exact) mass is 264 g/mol. The Morgan fingerprint density at radius 1 is 1.58 bits per heavy atom. The molecule has 0 bridgehead atoms. The van der Waals surface area contributed by atoms with Crippen LogP contribution in [-0.2, 0) is 4.74 Å². The molecule has 0 aliphatic carbocycles. The molecule has 102 valence electrons. The molecule has 0 radical (unpaired) electrons. The zero-order valence-corrected chi connectivity index (χ0v) is 11.0. The van der Waals surface area contributed by atoms with Gasteiger partial charge in [0.1, 0.15) is 5.82 Å². The first kappa shape index (κ1) is 15.2. The van der Waals surface area contributed by atoms with E-state index in [4.69, 9.17) is 10.5 Å². The number of nitrogens with two attached hydrogens (primary N) is 1. The summed E-state index contributed by atoms with van der Waals surface area (Å²) >= 11 is 0. The van der Waals surface area contributed by atoms with E-state index in [0.29, 0.717) is 6.61 Å². The molecular formula is C14H17FN2O2. The number of amides is 1. The third-order valence-electron chi connectivity index (χ3n) is 2.35. The molecule has 1 atom stereocenters. The van der Waals surface area contributed by atoms with Crippen LogP contribution in [0, 0.1) is 17.7 Å². The van der Waals surface area contributed by atoms with Gasteiger partial charge < -0.3 is 15.8 Å². The van der Waals surface area contributed by atoms with Crippen LogP contribution < -0.4 is 11.1 Å². The van der Waals surface area contributed by atoms with Crippen LogP contribution in [0.3, 0.4) is 0 Å². The van der Waals surface area contributed by atoms with Crippen LogP contribution in [0.15, 0.2) is 18.2 Å². The second-order valence-electron chi connectivity index (χ2n) is 4.03. The topological polar surface area (TPSA) is 64.3 Å². The van der Waals surface area contributed by atoms with Crippen LogP contribution in [0.2, 0.25) is 0 Å². The molecule has 1 unspecified atom stereocenters. The van der Waals surface area contributed by atoms with E-state index in [2.05, 4.69) is 17.2 Å². The van der Waals surface area contributed by atoms with Gasteiger partial charge in [0.25, 0.3) is 5.91 Å². The Morgan fingerprint density at radius 3 is 2.89 bits per heavy atom. The number of hydrogen-bond donors (Lipinski definition) is 2. The predicted molar refractivity (Wildman–Crippen MR) is 71.1 cm³/mol. The SMILES string of the molecule is COCC(C)NC(=O)c1ccc(C#CCN)c(F)c1. The molecule has 4 nitrogen and oxygen atoms in total. The van der Waals surface area contributed by atoms with Gasteiger partial charge in [0, 0.05) is 18.7 Å². The highest BCUT2D eigenvalue weighted by Crippen LogP contribution is 2.09. The number of ether oxygens (including phenoxy) is 1. The van der Waals surface area contributed by atoms with Crippen molar-refractivity contribution in [1.29, 1.82) is 0 Å². The molecule has 3 N–H and O–H groups in total. The summed E-state index contributed by atoms with van der Waals surface area (Å²) in [4.78, 5) is 11.8. The Bertz CT molecular complexity index is 506. The van der Waals surface area contributed by atoms with Crippen LogP contribution in [0.4, 0.5) is 4.39 Å². The lowest BCUT2D eigenvalue weighted by Gasteiger charge is -2.12. The molecule has 0 fully saturated rings. The van der Waals surface area contributed by atoms with Crippen molar-refractivity contribution in [1.82, 2.24) is 5.32 Å². The van der Waals surface area contributed by atoms with Crippen LogP contribution in [-0.4, -0.2) is 32.2 Å². The molecule has 0 aromatic heterocycles. The number of nitrogens with one attached hydrogen (secondary N) is 1. The van der Waals surface area contributed by atoms with Crippen LogP contribution in [0.5, 0.6) is 0 Å². The number of hydrogen-bond acceptors (Lipinski definition) is 3. The minimum Gasteiger partial charge on any atom is -0.383 e. The van der Waals surface area contributed by atoms with Crippen molar-refractivity contribution in [3.8, 4) is 11.8 Å². The standard InChI is InChI=1S/C14H17FN2O2/c1-10(9-19-2)17-14(18)12-6-5-11(4-3-7-16)13(15)8-12/h5-6,8,10H,7,9,16H2,1-2H3,(H,17,18). The van der Waals surface area contributed by atoms with Gasteiger partial charge >= 0.3 is 0 Å². The van der Waals surface area contributed by atoms with Gasteiger partial charge in [-0.15, -0.1) is 0 Å². The maximum Gasteiger partial charge on any atom is 0.251 e. The first-order valence-corrected chi connectivity index (χ1v) is 5.86. The Morgan fingerprint density at radius 2 is 2.32 bits per heavy atom. The van der Waals surface area contributed by atoms with Crippen LogP contribution >= 0.6 is 0 Å². The summed E-state index contributed by atoms with van der Waals surface area (Å²) in [5, 5.41) is 2.70. The molecular weight excluding hydrogens is 247 g/mol. The maximum absolute atomic E-state index is 13.7. The normalized spacial score (nSPS) is 11.4. The van der Waals surface area contributed by atoms with Crippen LogP contribution in [0.1, 0.15) is 22.8 Å². The van der Waals surface area contributed by atoms with Gasteiger partial charge in [-0.1, -0.05) is 11.8 Å². The molecule has 0 saturated heterocycles. The Balaban J connectivity index is 2.80. The molecule has 0 saturated carbocycles. The summed E-state index contributed by atoms with van der Waals surface area (Å²) < 4.78 is 18.6. The van der Waals surface area contributed by atoms with Crippen molar-refractivity contribution >= 4 is 5.91 Å². The highest BCUT2D eigenvalue weighted by Gasteiger charge is 2.11. The van der Waals surface area contributed by atoms with E-state index in [1.54, 1.807) is 14.0 Å². The molecule has 0 heterocycles. The zero-order chi connectivity index (χ0) is 14.3. The van der Waals surface area contributed by atoms with Gasteiger partial charge in [-0.3, -0.25) is 4.79 Å². The van der Waals surface area contributed by atoms with Crippen LogP contribution in [0.25, 0.3) is 0 Å². The van der Waals surface area contributed by atoms with Gasteiger partial charge in [-0.2, -0.15) is 0 Å². The number of halogens is 1. The van der Waals surface area contributed by atoms with Crippen molar-refractivity contribution in [3.05, 3.63) is 35.1 Å². The highest BCUT2D eigenvalue weighted by molar-refractivity contribution is 5.94. The summed E-state index contributed by atoms with van der Waals surface area (Å²) in [5.74, 6) is 4.28. The molecule has 0 aliphatic rings. The zero-order valence-electron chi connectivity index (χ0n) is 11.0. The van der Waals surface area contributed by atoms with Gasteiger partial charge in [0.05, 0.1) is 18.7 Å². The number of carbonyl (C=O) groups excluding carboxylic acids is 1. The van der Waals surface area contributed by atoms with Crippen molar-refractivity contribution in [3.63, 3.8) is 0 Å². The Kier molecular flexibility index (Phi) is 6.00. The summed E-state index contributed by atoms with van der Waals surface area (Å²) in [5.41, 5.74) is 5.69. The number of methoxy groups -OCH3 is 1. The second-order valence-corrected chi connectivity index (χ2v) is 4.03. The molecule has 0 aliphatic heterocycles. The average molecular weight is 264 g/mol. The first-order valence-electron chi connectivity index (χ1n) is 5.86. The van der Waals surface area contributed by atoms with Crippen molar-refractivity contribution in [2.24, 2.45) is 5.73 Å². The summed E-state index contributed by atoms with van der Waals surface area (Å²) in [6.45, 7) is 2.36. The fourth-order valence-electron chi connectivity index (χ4n) is 1.50. The molecule has 0 spiro atoms. The maximum atomic E-state index is 13.7. The lowest BCUT2D eigenvalue weighted by Crippen LogP contribution is -2.35. The van der Waals surface area contributed by atoms with Gasteiger partial charge in [-0.25, -0.2) is 4.39 Å². The van der Waals surface area contributed by atoms with E-state index in [1.807, 2.05) is 0 Å². The summed E-state index contributed by atoms with van der Waals surface area (Å²) in [7, 11) is 1.55. The molecule has 1 aromatic carbocycles.